The Morgan fingerprint density at radius 2 is 2.00 bits per heavy atom. The molecule has 0 radical (unpaired) electrons. The number of hydrogen-bond acceptors (Lipinski definition) is 4. The van der Waals surface area contributed by atoms with Crippen LogP contribution in [0.2, 0.25) is 0 Å². The number of anilines is 1. The van der Waals surface area contributed by atoms with Crippen molar-refractivity contribution in [2.75, 3.05) is 11.9 Å². The molecule has 5 heteroatoms. The summed E-state index contributed by atoms with van der Waals surface area (Å²) in [4.78, 5) is 17.8. The Kier molecular flexibility index (Phi) is 4.13. The van der Waals surface area contributed by atoms with Crippen LogP contribution in [0.3, 0.4) is 0 Å². The third-order valence-corrected chi connectivity index (χ3v) is 5.07. The number of nitrogens with zero attached hydrogens (tertiary/aromatic N) is 1. The third kappa shape index (κ3) is 3.34. The highest BCUT2D eigenvalue weighted by Gasteiger charge is 2.18. The molecule has 0 saturated heterocycles. The van der Waals surface area contributed by atoms with E-state index < -0.39 is 0 Å². The number of thiazole rings is 1. The first-order chi connectivity index (χ1) is 9.31. The van der Waals surface area contributed by atoms with Gasteiger partial charge in [-0.3, -0.25) is 4.79 Å². The molecular weight excluding hydrogens is 258 g/mol. The fourth-order valence-corrected chi connectivity index (χ4v) is 4.00. The van der Waals surface area contributed by atoms with E-state index in [1.807, 2.05) is 0 Å². The summed E-state index contributed by atoms with van der Waals surface area (Å²) in [6, 6.07) is 0.537. The number of fused-ring (bicyclic) bond motifs is 1. The SMILES string of the molecule is O=C(CNC1CCCC1)Nc1nc2c(s1)CCCC2. The minimum atomic E-state index is 0.0398. The van der Waals surface area contributed by atoms with Crippen LogP contribution in [-0.2, 0) is 17.6 Å². The minimum absolute atomic E-state index is 0.0398. The quantitative estimate of drug-likeness (QED) is 0.890. The second kappa shape index (κ2) is 6.01. The molecule has 0 aliphatic heterocycles. The highest BCUT2D eigenvalue weighted by Crippen LogP contribution is 2.29. The van der Waals surface area contributed by atoms with E-state index in [9.17, 15) is 4.79 Å². The summed E-state index contributed by atoms with van der Waals surface area (Å²) in [5, 5.41) is 7.04. The number of amides is 1. The van der Waals surface area contributed by atoms with Gasteiger partial charge in [-0.1, -0.05) is 12.8 Å². The highest BCUT2D eigenvalue weighted by molar-refractivity contribution is 7.15. The van der Waals surface area contributed by atoms with Gasteiger partial charge in [0.05, 0.1) is 12.2 Å². The molecule has 3 rings (SSSR count). The lowest BCUT2D eigenvalue weighted by molar-refractivity contribution is -0.115. The fourth-order valence-electron chi connectivity index (χ4n) is 2.94. The average molecular weight is 279 g/mol. The molecule has 2 N–H and O–H groups in total. The number of aryl methyl sites for hydroxylation is 2. The van der Waals surface area contributed by atoms with Crippen LogP contribution in [-0.4, -0.2) is 23.5 Å². The van der Waals surface area contributed by atoms with Crippen molar-refractivity contribution in [3.63, 3.8) is 0 Å². The van der Waals surface area contributed by atoms with Gasteiger partial charge in [0.15, 0.2) is 5.13 Å². The van der Waals surface area contributed by atoms with Crippen LogP contribution in [0.15, 0.2) is 0 Å². The third-order valence-electron chi connectivity index (χ3n) is 4.00. The lowest BCUT2D eigenvalue weighted by atomic mass is 10.0. The van der Waals surface area contributed by atoms with Crippen molar-refractivity contribution in [2.24, 2.45) is 0 Å². The monoisotopic (exact) mass is 279 g/mol. The van der Waals surface area contributed by atoms with E-state index in [0.29, 0.717) is 12.6 Å². The lowest BCUT2D eigenvalue weighted by Crippen LogP contribution is -2.34. The Hall–Kier alpha value is -0.940. The highest BCUT2D eigenvalue weighted by atomic mass is 32.1. The predicted molar refractivity (Wildman–Crippen MR) is 77.6 cm³/mol. The topological polar surface area (TPSA) is 54.0 Å². The molecule has 1 heterocycles. The smallest absolute Gasteiger partial charge is 0.240 e. The van der Waals surface area contributed by atoms with Crippen LogP contribution in [0.4, 0.5) is 5.13 Å². The molecule has 2 aliphatic rings. The Morgan fingerprint density at radius 3 is 2.79 bits per heavy atom. The van der Waals surface area contributed by atoms with Crippen LogP contribution in [0.5, 0.6) is 0 Å². The first-order valence-electron chi connectivity index (χ1n) is 7.33. The van der Waals surface area contributed by atoms with E-state index in [1.165, 1.54) is 49.1 Å². The van der Waals surface area contributed by atoms with Gasteiger partial charge >= 0.3 is 0 Å². The van der Waals surface area contributed by atoms with Crippen LogP contribution in [0.1, 0.15) is 49.1 Å². The summed E-state index contributed by atoms with van der Waals surface area (Å²) in [5.41, 5.74) is 1.20. The molecule has 0 bridgehead atoms. The molecule has 0 unspecified atom stereocenters. The Labute approximate surface area is 118 Å². The average Bonchev–Trinajstić information content (AvgIpc) is 3.04. The zero-order chi connectivity index (χ0) is 13.1. The minimum Gasteiger partial charge on any atom is -0.306 e. The summed E-state index contributed by atoms with van der Waals surface area (Å²) in [6.45, 7) is 0.412. The van der Waals surface area contributed by atoms with Crippen molar-refractivity contribution in [3.05, 3.63) is 10.6 Å². The van der Waals surface area contributed by atoms with E-state index in [2.05, 4.69) is 15.6 Å². The van der Waals surface area contributed by atoms with Crippen LogP contribution < -0.4 is 10.6 Å². The molecule has 1 aromatic heterocycles. The maximum Gasteiger partial charge on any atom is 0.240 e. The van der Waals surface area contributed by atoms with Gasteiger partial charge in [-0.05, 0) is 38.5 Å². The maximum atomic E-state index is 11.9. The standard InChI is InChI=1S/C14H21N3OS/c18-13(9-15-10-5-1-2-6-10)17-14-16-11-7-3-4-8-12(11)19-14/h10,15H,1-9H2,(H,16,17,18). The molecule has 19 heavy (non-hydrogen) atoms. The van der Waals surface area contributed by atoms with Gasteiger partial charge in [-0.15, -0.1) is 11.3 Å². The van der Waals surface area contributed by atoms with Gasteiger partial charge in [0.1, 0.15) is 0 Å². The van der Waals surface area contributed by atoms with E-state index in [1.54, 1.807) is 11.3 Å². The normalized spacial score (nSPS) is 19.4. The summed E-state index contributed by atoms with van der Waals surface area (Å²) in [6.07, 6.45) is 9.68. The largest absolute Gasteiger partial charge is 0.306 e. The summed E-state index contributed by atoms with van der Waals surface area (Å²) >= 11 is 1.65. The molecule has 0 spiro atoms. The lowest BCUT2D eigenvalue weighted by Gasteiger charge is -2.10. The predicted octanol–water partition coefficient (Wildman–Crippen LogP) is 2.49. The molecule has 0 aromatic carbocycles. The van der Waals surface area contributed by atoms with Crippen molar-refractivity contribution in [3.8, 4) is 0 Å². The first-order valence-corrected chi connectivity index (χ1v) is 8.15. The fraction of sp³-hybridized carbons (Fsp3) is 0.714. The summed E-state index contributed by atoms with van der Waals surface area (Å²) < 4.78 is 0. The molecule has 2 aliphatic carbocycles. The van der Waals surface area contributed by atoms with Crippen molar-refractivity contribution in [1.29, 1.82) is 0 Å². The number of carbonyl (C=O) groups excluding carboxylic acids is 1. The zero-order valence-electron chi connectivity index (χ0n) is 11.2. The molecule has 4 nitrogen and oxygen atoms in total. The van der Waals surface area contributed by atoms with Crippen LogP contribution in [0, 0.1) is 0 Å². The number of rotatable bonds is 4. The van der Waals surface area contributed by atoms with Crippen molar-refractivity contribution in [2.45, 2.75) is 57.4 Å². The van der Waals surface area contributed by atoms with Crippen molar-refractivity contribution in [1.82, 2.24) is 10.3 Å². The van der Waals surface area contributed by atoms with Crippen molar-refractivity contribution < 1.29 is 4.79 Å². The van der Waals surface area contributed by atoms with Gasteiger partial charge < -0.3 is 10.6 Å². The van der Waals surface area contributed by atoms with Gasteiger partial charge in [0.25, 0.3) is 0 Å². The van der Waals surface area contributed by atoms with E-state index in [4.69, 9.17) is 0 Å². The Bertz CT molecular complexity index is 428. The second-order valence-corrected chi connectivity index (χ2v) is 6.59. The second-order valence-electron chi connectivity index (χ2n) is 5.51. The van der Waals surface area contributed by atoms with Gasteiger partial charge in [0.2, 0.25) is 5.91 Å². The summed E-state index contributed by atoms with van der Waals surface area (Å²) in [7, 11) is 0. The van der Waals surface area contributed by atoms with Gasteiger partial charge in [0, 0.05) is 10.9 Å². The number of aromatic nitrogens is 1. The molecule has 1 amide bonds. The summed E-state index contributed by atoms with van der Waals surface area (Å²) in [5.74, 6) is 0.0398. The first kappa shape index (κ1) is 13.1. The van der Waals surface area contributed by atoms with Gasteiger partial charge in [-0.2, -0.15) is 0 Å². The van der Waals surface area contributed by atoms with Crippen LogP contribution >= 0.6 is 11.3 Å². The molecule has 1 saturated carbocycles. The maximum absolute atomic E-state index is 11.9. The van der Waals surface area contributed by atoms with E-state index in [0.717, 1.165) is 18.0 Å². The Balaban J connectivity index is 1.49. The zero-order valence-corrected chi connectivity index (χ0v) is 12.0. The van der Waals surface area contributed by atoms with Crippen molar-refractivity contribution >= 4 is 22.4 Å². The van der Waals surface area contributed by atoms with E-state index in [-0.39, 0.29) is 5.91 Å². The molecule has 0 atom stereocenters. The molecule has 1 aromatic rings. The molecule has 104 valence electrons. The van der Waals surface area contributed by atoms with E-state index >= 15 is 0 Å². The molecule has 1 fully saturated rings. The van der Waals surface area contributed by atoms with Gasteiger partial charge in [-0.25, -0.2) is 4.98 Å². The van der Waals surface area contributed by atoms with Crippen LogP contribution in [0.25, 0.3) is 0 Å². The molecular formula is C14H21N3OS. The number of nitrogens with one attached hydrogen (secondary N) is 2. The Morgan fingerprint density at radius 1 is 1.21 bits per heavy atom. The number of hydrogen-bond donors (Lipinski definition) is 2. The number of carbonyl (C=O) groups is 1.